The van der Waals surface area contributed by atoms with Gasteiger partial charge in [-0.2, -0.15) is 4.98 Å². The Morgan fingerprint density at radius 3 is 3.13 bits per heavy atom. The number of nitrogens with zero attached hydrogens (tertiary/aromatic N) is 3. The van der Waals surface area contributed by atoms with Crippen molar-refractivity contribution in [1.29, 1.82) is 0 Å². The molecule has 1 fully saturated rings. The first-order valence-electron chi connectivity index (χ1n) is 5.48. The molecule has 1 aliphatic heterocycles. The van der Waals surface area contributed by atoms with Crippen molar-refractivity contribution in [1.82, 2.24) is 15.0 Å². The average molecular weight is 210 g/mol. The summed E-state index contributed by atoms with van der Waals surface area (Å²) >= 11 is 0. The Labute approximate surface area is 89.6 Å². The summed E-state index contributed by atoms with van der Waals surface area (Å²) in [5.41, 5.74) is 5.41. The van der Waals surface area contributed by atoms with Crippen molar-refractivity contribution in [2.45, 2.75) is 25.8 Å². The van der Waals surface area contributed by atoms with Crippen molar-refractivity contribution in [2.75, 3.05) is 20.1 Å². The van der Waals surface area contributed by atoms with Gasteiger partial charge in [-0.3, -0.25) is 0 Å². The molecule has 15 heavy (non-hydrogen) atoms. The normalized spacial score (nSPS) is 23.2. The van der Waals surface area contributed by atoms with Crippen LogP contribution in [0.2, 0.25) is 0 Å². The molecule has 2 heterocycles. The lowest BCUT2D eigenvalue weighted by atomic mass is 9.95. The molecular formula is C10H18N4O. The summed E-state index contributed by atoms with van der Waals surface area (Å²) in [4.78, 5) is 6.59. The van der Waals surface area contributed by atoms with E-state index in [1.54, 1.807) is 0 Å². The topological polar surface area (TPSA) is 68.2 Å². The quantitative estimate of drug-likeness (QED) is 0.782. The molecule has 0 amide bonds. The maximum Gasteiger partial charge on any atom is 0.240 e. The fourth-order valence-electron chi connectivity index (χ4n) is 2.15. The molecule has 1 aliphatic rings. The number of likely N-dealkylation sites (tertiary alicyclic amines) is 1. The molecule has 0 aromatic carbocycles. The van der Waals surface area contributed by atoms with Crippen LogP contribution in [-0.2, 0) is 13.0 Å². The second-order valence-electron chi connectivity index (χ2n) is 4.28. The first kappa shape index (κ1) is 10.6. The molecule has 1 aromatic rings. The van der Waals surface area contributed by atoms with Crippen molar-refractivity contribution in [3.05, 3.63) is 11.7 Å². The van der Waals surface area contributed by atoms with Crippen molar-refractivity contribution < 1.29 is 4.52 Å². The maximum absolute atomic E-state index is 5.41. The van der Waals surface area contributed by atoms with Crippen LogP contribution >= 0.6 is 0 Å². The summed E-state index contributed by atoms with van der Waals surface area (Å²) in [6.45, 7) is 2.67. The van der Waals surface area contributed by atoms with E-state index in [2.05, 4.69) is 22.1 Å². The monoisotopic (exact) mass is 210 g/mol. The molecule has 5 heteroatoms. The van der Waals surface area contributed by atoms with Gasteiger partial charge in [0.1, 0.15) is 0 Å². The number of hydrogen-bond donors (Lipinski definition) is 1. The van der Waals surface area contributed by atoms with Crippen LogP contribution in [0.25, 0.3) is 0 Å². The van der Waals surface area contributed by atoms with Gasteiger partial charge in [0.05, 0.1) is 6.54 Å². The maximum atomic E-state index is 5.41. The summed E-state index contributed by atoms with van der Waals surface area (Å²) in [5, 5.41) is 3.92. The summed E-state index contributed by atoms with van der Waals surface area (Å²) in [6, 6.07) is 0. The van der Waals surface area contributed by atoms with Crippen LogP contribution < -0.4 is 5.73 Å². The van der Waals surface area contributed by atoms with E-state index < -0.39 is 0 Å². The van der Waals surface area contributed by atoms with Gasteiger partial charge in [-0.05, 0) is 32.4 Å². The van der Waals surface area contributed by atoms with Gasteiger partial charge in [-0.1, -0.05) is 5.16 Å². The van der Waals surface area contributed by atoms with E-state index in [9.17, 15) is 0 Å². The van der Waals surface area contributed by atoms with Crippen LogP contribution in [0.4, 0.5) is 0 Å². The second kappa shape index (κ2) is 4.72. The van der Waals surface area contributed by atoms with Gasteiger partial charge in [0.15, 0.2) is 5.82 Å². The molecule has 0 aliphatic carbocycles. The lowest BCUT2D eigenvalue weighted by molar-refractivity contribution is 0.206. The van der Waals surface area contributed by atoms with E-state index in [-0.39, 0.29) is 0 Å². The molecule has 1 unspecified atom stereocenters. The first-order valence-corrected chi connectivity index (χ1v) is 5.48. The molecule has 1 atom stereocenters. The van der Waals surface area contributed by atoms with Crippen LogP contribution in [0.15, 0.2) is 4.52 Å². The van der Waals surface area contributed by atoms with Gasteiger partial charge >= 0.3 is 0 Å². The smallest absolute Gasteiger partial charge is 0.240 e. The zero-order valence-corrected chi connectivity index (χ0v) is 9.15. The molecule has 0 radical (unpaired) electrons. The molecule has 1 aromatic heterocycles. The highest BCUT2D eigenvalue weighted by Crippen LogP contribution is 2.18. The summed E-state index contributed by atoms with van der Waals surface area (Å²) < 4.78 is 4.98. The molecule has 2 N–H and O–H groups in total. The van der Waals surface area contributed by atoms with E-state index in [1.165, 1.54) is 19.4 Å². The van der Waals surface area contributed by atoms with Gasteiger partial charge in [0, 0.05) is 13.0 Å². The number of aromatic nitrogens is 2. The third-order valence-corrected chi connectivity index (χ3v) is 2.88. The highest BCUT2D eigenvalue weighted by Gasteiger charge is 2.19. The van der Waals surface area contributed by atoms with Crippen LogP contribution in [0, 0.1) is 5.92 Å². The zero-order chi connectivity index (χ0) is 10.7. The Morgan fingerprint density at radius 2 is 2.47 bits per heavy atom. The standard InChI is InChI=1S/C10H18N4O/c1-14-4-2-3-8(7-14)5-9-12-10(6-11)15-13-9/h8H,2-7,11H2,1H3. The highest BCUT2D eigenvalue weighted by atomic mass is 16.5. The van der Waals surface area contributed by atoms with E-state index in [1.807, 2.05) is 0 Å². The number of hydrogen-bond acceptors (Lipinski definition) is 5. The molecule has 0 spiro atoms. The molecule has 0 bridgehead atoms. The van der Waals surface area contributed by atoms with Crippen LogP contribution in [0.1, 0.15) is 24.6 Å². The minimum Gasteiger partial charge on any atom is -0.338 e. The van der Waals surface area contributed by atoms with Crippen molar-refractivity contribution in [2.24, 2.45) is 11.7 Å². The van der Waals surface area contributed by atoms with Gasteiger partial charge < -0.3 is 15.2 Å². The Balaban J connectivity index is 1.90. The van der Waals surface area contributed by atoms with Crippen LogP contribution in [0.3, 0.4) is 0 Å². The lowest BCUT2D eigenvalue weighted by Gasteiger charge is -2.28. The summed E-state index contributed by atoms with van der Waals surface area (Å²) in [6.07, 6.45) is 3.44. The van der Waals surface area contributed by atoms with Crippen molar-refractivity contribution in [3.63, 3.8) is 0 Å². The fraction of sp³-hybridized carbons (Fsp3) is 0.800. The largest absolute Gasteiger partial charge is 0.338 e. The van der Waals surface area contributed by atoms with E-state index in [4.69, 9.17) is 10.3 Å². The van der Waals surface area contributed by atoms with E-state index >= 15 is 0 Å². The zero-order valence-electron chi connectivity index (χ0n) is 9.15. The van der Waals surface area contributed by atoms with Gasteiger partial charge in [0.2, 0.25) is 5.89 Å². The molecular weight excluding hydrogens is 192 g/mol. The van der Waals surface area contributed by atoms with Gasteiger partial charge in [-0.15, -0.1) is 0 Å². The highest BCUT2D eigenvalue weighted by molar-refractivity contribution is 4.89. The Morgan fingerprint density at radius 1 is 1.60 bits per heavy atom. The summed E-state index contributed by atoms with van der Waals surface area (Å²) in [5.74, 6) is 2.00. The Bertz CT molecular complexity index is 312. The minimum atomic E-state index is 0.331. The lowest BCUT2D eigenvalue weighted by Crippen LogP contribution is -2.33. The average Bonchev–Trinajstić information content (AvgIpc) is 2.65. The Hall–Kier alpha value is -0.940. The fourth-order valence-corrected chi connectivity index (χ4v) is 2.15. The first-order chi connectivity index (χ1) is 7.28. The molecule has 0 saturated carbocycles. The molecule has 5 nitrogen and oxygen atoms in total. The third kappa shape index (κ3) is 2.76. The number of piperidine rings is 1. The predicted molar refractivity (Wildman–Crippen MR) is 56.1 cm³/mol. The second-order valence-corrected chi connectivity index (χ2v) is 4.28. The van der Waals surface area contributed by atoms with Crippen molar-refractivity contribution in [3.8, 4) is 0 Å². The van der Waals surface area contributed by atoms with Gasteiger partial charge in [0.25, 0.3) is 0 Å². The number of nitrogens with two attached hydrogens (primary N) is 1. The van der Waals surface area contributed by atoms with E-state index in [0.29, 0.717) is 18.4 Å². The SMILES string of the molecule is CN1CCCC(Cc2noc(CN)n2)C1. The van der Waals surface area contributed by atoms with Crippen molar-refractivity contribution >= 4 is 0 Å². The predicted octanol–water partition coefficient (Wildman–Crippen LogP) is 0.413. The third-order valence-electron chi connectivity index (χ3n) is 2.88. The number of rotatable bonds is 3. The Kier molecular flexibility index (Phi) is 3.33. The molecule has 84 valence electrons. The van der Waals surface area contributed by atoms with E-state index in [0.717, 1.165) is 18.8 Å². The molecule has 1 saturated heterocycles. The van der Waals surface area contributed by atoms with Crippen LogP contribution in [0.5, 0.6) is 0 Å². The summed E-state index contributed by atoms with van der Waals surface area (Å²) in [7, 11) is 2.16. The molecule has 2 rings (SSSR count). The van der Waals surface area contributed by atoms with Gasteiger partial charge in [-0.25, -0.2) is 0 Å². The minimum absolute atomic E-state index is 0.331. The van der Waals surface area contributed by atoms with Crippen LogP contribution in [-0.4, -0.2) is 35.2 Å².